The molecular formula is C17H16N6O3. The van der Waals surface area contributed by atoms with Gasteiger partial charge in [-0.05, 0) is 24.3 Å². The predicted octanol–water partition coefficient (Wildman–Crippen LogP) is -0.322. The van der Waals surface area contributed by atoms with Crippen molar-refractivity contribution in [2.45, 2.75) is 13.1 Å². The van der Waals surface area contributed by atoms with Crippen molar-refractivity contribution in [2.75, 3.05) is 6.54 Å². The maximum Gasteiger partial charge on any atom is 0.267 e. The van der Waals surface area contributed by atoms with E-state index in [9.17, 15) is 14.4 Å². The van der Waals surface area contributed by atoms with E-state index in [1.54, 1.807) is 30.6 Å². The summed E-state index contributed by atoms with van der Waals surface area (Å²) in [5.74, 6) is -0.382. The van der Waals surface area contributed by atoms with Gasteiger partial charge in [-0.3, -0.25) is 19.4 Å². The van der Waals surface area contributed by atoms with Gasteiger partial charge >= 0.3 is 0 Å². The molecule has 0 atom stereocenters. The van der Waals surface area contributed by atoms with Crippen LogP contribution in [0.25, 0.3) is 11.3 Å². The van der Waals surface area contributed by atoms with Crippen LogP contribution in [0.15, 0.2) is 64.6 Å². The van der Waals surface area contributed by atoms with Crippen molar-refractivity contribution >= 4 is 5.91 Å². The lowest BCUT2D eigenvalue weighted by Crippen LogP contribution is -2.36. The highest BCUT2D eigenvalue weighted by Crippen LogP contribution is 2.12. The molecule has 3 aromatic heterocycles. The summed E-state index contributed by atoms with van der Waals surface area (Å²) in [4.78, 5) is 39.5. The van der Waals surface area contributed by atoms with E-state index in [4.69, 9.17) is 0 Å². The number of carbonyl (C=O) groups is 1. The molecule has 132 valence electrons. The highest BCUT2D eigenvalue weighted by Gasteiger charge is 2.08. The Morgan fingerprint density at radius 1 is 1.00 bits per heavy atom. The van der Waals surface area contributed by atoms with Gasteiger partial charge in [0.15, 0.2) is 0 Å². The van der Waals surface area contributed by atoms with Gasteiger partial charge in [-0.2, -0.15) is 10.2 Å². The molecule has 9 nitrogen and oxygen atoms in total. The van der Waals surface area contributed by atoms with Crippen LogP contribution in [0.2, 0.25) is 0 Å². The van der Waals surface area contributed by atoms with Crippen LogP contribution in [0.4, 0.5) is 0 Å². The highest BCUT2D eigenvalue weighted by atomic mass is 16.2. The van der Waals surface area contributed by atoms with E-state index in [2.05, 4.69) is 20.5 Å². The van der Waals surface area contributed by atoms with Crippen LogP contribution >= 0.6 is 0 Å². The minimum Gasteiger partial charge on any atom is -0.353 e. The Kier molecular flexibility index (Phi) is 5.28. The van der Waals surface area contributed by atoms with Crippen LogP contribution in [0.1, 0.15) is 0 Å². The largest absolute Gasteiger partial charge is 0.353 e. The molecule has 0 saturated carbocycles. The fourth-order valence-corrected chi connectivity index (χ4v) is 2.28. The molecule has 0 unspecified atom stereocenters. The van der Waals surface area contributed by atoms with E-state index in [-0.39, 0.29) is 36.7 Å². The van der Waals surface area contributed by atoms with Gasteiger partial charge in [0.05, 0.1) is 12.2 Å². The van der Waals surface area contributed by atoms with E-state index in [1.165, 1.54) is 23.0 Å². The van der Waals surface area contributed by atoms with Crippen molar-refractivity contribution in [1.29, 1.82) is 0 Å². The summed E-state index contributed by atoms with van der Waals surface area (Å²) in [7, 11) is 0. The molecule has 0 aromatic carbocycles. The van der Waals surface area contributed by atoms with E-state index >= 15 is 0 Å². The monoisotopic (exact) mass is 352 g/mol. The highest BCUT2D eigenvalue weighted by molar-refractivity contribution is 5.75. The van der Waals surface area contributed by atoms with Crippen molar-refractivity contribution in [1.82, 2.24) is 29.9 Å². The molecule has 1 amide bonds. The van der Waals surface area contributed by atoms with Crippen LogP contribution in [-0.4, -0.2) is 37.0 Å². The van der Waals surface area contributed by atoms with Crippen molar-refractivity contribution in [3.63, 3.8) is 0 Å². The first kappa shape index (κ1) is 17.2. The van der Waals surface area contributed by atoms with Gasteiger partial charge in [0, 0.05) is 42.8 Å². The van der Waals surface area contributed by atoms with Crippen molar-refractivity contribution < 1.29 is 4.79 Å². The van der Waals surface area contributed by atoms with E-state index < -0.39 is 0 Å². The normalized spacial score (nSPS) is 10.5. The maximum atomic E-state index is 12.1. The zero-order chi connectivity index (χ0) is 18.4. The second-order valence-electron chi connectivity index (χ2n) is 5.39. The van der Waals surface area contributed by atoms with Gasteiger partial charge in [0.25, 0.3) is 11.1 Å². The molecule has 0 bridgehead atoms. The number of carbonyl (C=O) groups excluding carboxylic acids is 1. The van der Waals surface area contributed by atoms with Gasteiger partial charge in [-0.25, -0.2) is 9.36 Å². The number of nitrogens with zero attached hydrogens (tertiary/aromatic N) is 5. The molecule has 0 radical (unpaired) electrons. The molecule has 0 aliphatic heterocycles. The Morgan fingerprint density at radius 2 is 1.81 bits per heavy atom. The average Bonchev–Trinajstić information content (AvgIpc) is 2.66. The summed E-state index contributed by atoms with van der Waals surface area (Å²) in [5.41, 5.74) is 0.666. The summed E-state index contributed by atoms with van der Waals surface area (Å²) in [6, 6.07) is 9.46. The van der Waals surface area contributed by atoms with Crippen molar-refractivity contribution in [3.8, 4) is 11.3 Å². The summed E-state index contributed by atoms with van der Waals surface area (Å²) in [5, 5.41) is 10.7. The lowest BCUT2D eigenvalue weighted by molar-refractivity contribution is -0.121. The number of hydrogen-bond donors (Lipinski definition) is 1. The van der Waals surface area contributed by atoms with Crippen LogP contribution in [0.5, 0.6) is 0 Å². The zero-order valence-corrected chi connectivity index (χ0v) is 13.8. The Bertz CT molecular complexity index is 1010. The SMILES string of the molecule is O=C(Cn1nc(-c2cccnc2)ccc1=O)NCCn1ncccc1=O. The minimum atomic E-state index is -0.382. The Morgan fingerprint density at radius 3 is 2.58 bits per heavy atom. The van der Waals surface area contributed by atoms with Gasteiger partial charge in [-0.15, -0.1) is 0 Å². The van der Waals surface area contributed by atoms with Crippen molar-refractivity contribution in [3.05, 3.63) is 75.7 Å². The first-order valence-electron chi connectivity index (χ1n) is 7.91. The summed E-state index contributed by atoms with van der Waals surface area (Å²) in [6.45, 7) is 0.236. The molecular weight excluding hydrogens is 336 g/mol. The Hall–Kier alpha value is -3.62. The van der Waals surface area contributed by atoms with E-state index in [1.807, 2.05) is 6.07 Å². The lowest BCUT2D eigenvalue weighted by Gasteiger charge is -2.08. The lowest BCUT2D eigenvalue weighted by atomic mass is 10.2. The van der Waals surface area contributed by atoms with Crippen LogP contribution in [0, 0.1) is 0 Å². The third-order valence-electron chi connectivity index (χ3n) is 3.55. The fourth-order valence-electron chi connectivity index (χ4n) is 2.28. The molecule has 0 spiro atoms. The van der Waals surface area contributed by atoms with Crippen LogP contribution in [-0.2, 0) is 17.9 Å². The molecule has 3 aromatic rings. The smallest absolute Gasteiger partial charge is 0.267 e. The summed E-state index contributed by atoms with van der Waals surface area (Å²) < 4.78 is 2.33. The van der Waals surface area contributed by atoms with Crippen LogP contribution < -0.4 is 16.4 Å². The van der Waals surface area contributed by atoms with Gasteiger partial charge in [0.1, 0.15) is 6.54 Å². The number of amides is 1. The third-order valence-corrected chi connectivity index (χ3v) is 3.55. The topological polar surface area (TPSA) is 112 Å². The molecule has 26 heavy (non-hydrogen) atoms. The molecule has 3 rings (SSSR count). The molecule has 1 N–H and O–H groups in total. The summed E-state index contributed by atoms with van der Waals surface area (Å²) >= 11 is 0. The van der Waals surface area contributed by atoms with Gasteiger partial charge in [0.2, 0.25) is 5.91 Å². The Balaban J connectivity index is 1.63. The minimum absolute atomic E-state index is 0.215. The number of aromatic nitrogens is 5. The molecule has 9 heteroatoms. The number of rotatable bonds is 6. The molecule has 0 aliphatic rings. The van der Waals surface area contributed by atoms with Gasteiger partial charge in [-0.1, -0.05) is 0 Å². The number of hydrogen-bond acceptors (Lipinski definition) is 6. The fraction of sp³-hybridized carbons (Fsp3) is 0.176. The Labute approximate surface area is 147 Å². The number of nitrogens with one attached hydrogen (secondary N) is 1. The second kappa shape index (κ2) is 7.97. The quantitative estimate of drug-likeness (QED) is 0.651. The van der Waals surface area contributed by atoms with Crippen LogP contribution in [0.3, 0.4) is 0 Å². The average molecular weight is 352 g/mol. The third kappa shape index (κ3) is 4.26. The number of pyridine rings is 1. The molecule has 3 heterocycles. The maximum absolute atomic E-state index is 12.1. The molecule has 0 saturated heterocycles. The van der Waals surface area contributed by atoms with Gasteiger partial charge < -0.3 is 5.32 Å². The predicted molar refractivity (Wildman–Crippen MR) is 93.2 cm³/mol. The first-order chi connectivity index (χ1) is 12.6. The van der Waals surface area contributed by atoms with E-state index in [0.717, 1.165) is 10.2 Å². The zero-order valence-electron chi connectivity index (χ0n) is 13.8. The first-order valence-corrected chi connectivity index (χ1v) is 7.91. The molecule has 0 fully saturated rings. The standard InChI is InChI=1S/C17H16N6O3/c24-15(19-9-10-22-16(25)4-2-8-20-22)12-23-17(26)6-5-14(21-23)13-3-1-7-18-11-13/h1-8,11H,9-10,12H2,(H,19,24). The second-order valence-corrected chi connectivity index (χ2v) is 5.39. The van der Waals surface area contributed by atoms with E-state index in [0.29, 0.717) is 5.69 Å². The molecule has 0 aliphatic carbocycles. The van der Waals surface area contributed by atoms with Crippen molar-refractivity contribution in [2.24, 2.45) is 0 Å². The summed E-state index contributed by atoms with van der Waals surface area (Å²) in [6.07, 6.45) is 4.76.